The van der Waals surface area contributed by atoms with Crippen LogP contribution in [0, 0.1) is 0 Å². The van der Waals surface area contributed by atoms with Crippen molar-refractivity contribution >= 4 is 25.7 Å². The molecule has 0 bridgehead atoms. The Morgan fingerprint density at radius 2 is 1.10 bits per heavy atom. The van der Waals surface area contributed by atoms with Crippen LogP contribution in [0.5, 0.6) is 0 Å². The number of esters is 2. The van der Waals surface area contributed by atoms with Gasteiger partial charge < -0.3 is 35.4 Å². The smallest absolute Gasteiger partial charge is 0.472 e. The van der Waals surface area contributed by atoms with Gasteiger partial charge in [-0.2, -0.15) is 0 Å². The van der Waals surface area contributed by atoms with Crippen molar-refractivity contribution in [2.75, 3.05) is 19.8 Å². The Kier molecular flexibility index (Phi) is 38.1. The van der Waals surface area contributed by atoms with Gasteiger partial charge in [0.25, 0.3) is 0 Å². The highest BCUT2D eigenvalue weighted by atomic mass is 31.2. The van der Waals surface area contributed by atoms with Gasteiger partial charge in [-0.05, 0) is 77.0 Å². The highest BCUT2D eigenvalue weighted by Crippen LogP contribution is 2.43. The topological polar surface area (TPSA) is 212 Å². The zero-order valence-electron chi connectivity index (χ0n) is 36.9. The summed E-state index contributed by atoms with van der Waals surface area (Å²) in [4.78, 5) is 45.9. The van der Waals surface area contributed by atoms with E-state index in [-0.39, 0.29) is 12.8 Å². The Hall–Kier alpha value is -4.20. The summed E-state index contributed by atoms with van der Waals surface area (Å²) >= 11 is 0. The minimum absolute atomic E-state index is 0.0204. The normalized spacial score (nSPS) is 15.8. The summed E-state index contributed by atoms with van der Waals surface area (Å²) in [7, 11) is -4.78. The summed E-state index contributed by atoms with van der Waals surface area (Å²) in [6.45, 7) is 2.32. The first kappa shape index (κ1) is 57.8. The highest BCUT2D eigenvalue weighted by molar-refractivity contribution is 7.47. The number of allylic oxidation sites excluding steroid dienone is 16. The number of hydrogen-bond acceptors (Lipinski definition) is 11. The van der Waals surface area contributed by atoms with Gasteiger partial charge in [0.2, 0.25) is 0 Å². The molecule has 0 saturated heterocycles. The van der Waals surface area contributed by atoms with Gasteiger partial charge in [0.05, 0.1) is 25.4 Å². The maximum atomic E-state index is 12.6. The SMILES string of the molecule is CC/C=C\C[C@@H](O)/C=C/C=C\C=C\[C@@H](O)C/C=C\C/C=C\CCC(=O)OC[C@H](COP(=O)(O)OC[C@H](N)C(=O)O)OC(=O)CCC/C=C\C/C=C\C/C=C\C/C=C\CCCCC. The molecule has 348 valence electrons. The third-order valence-electron chi connectivity index (χ3n) is 8.37. The number of aliphatic carboxylic acids is 1. The van der Waals surface area contributed by atoms with Crippen molar-refractivity contribution < 1.29 is 57.7 Å². The Balaban J connectivity index is 4.71. The van der Waals surface area contributed by atoms with Gasteiger partial charge in [0.15, 0.2) is 6.10 Å². The van der Waals surface area contributed by atoms with Crippen LogP contribution in [-0.4, -0.2) is 82.3 Å². The number of ether oxygens (including phenoxy) is 2. The number of rotatable bonds is 38. The summed E-state index contributed by atoms with van der Waals surface area (Å²) in [5.41, 5.74) is 5.32. The van der Waals surface area contributed by atoms with Crippen molar-refractivity contribution in [2.45, 2.75) is 141 Å². The van der Waals surface area contributed by atoms with E-state index in [9.17, 15) is 34.1 Å². The number of carbonyl (C=O) groups is 3. The molecule has 0 aliphatic carbocycles. The van der Waals surface area contributed by atoms with Crippen LogP contribution in [0.1, 0.15) is 117 Å². The third-order valence-corrected chi connectivity index (χ3v) is 9.32. The average Bonchev–Trinajstić information content (AvgIpc) is 3.24. The molecule has 0 heterocycles. The minimum atomic E-state index is -4.78. The number of carbonyl (C=O) groups excluding carboxylic acids is 2. The molecule has 0 aromatic rings. The lowest BCUT2D eigenvalue weighted by atomic mass is 10.2. The molecular weight excluding hydrogens is 813 g/mol. The molecule has 14 heteroatoms. The van der Waals surface area contributed by atoms with E-state index >= 15 is 0 Å². The first-order chi connectivity index (χ1) is 29.9. The van der Waals surface area contributed by atoms with Gasteiger partial charge in [-0.25, -0.2) is 4.57 Å². The summed E-state index contributed by atoms with van der Waals surface area (Å²) in [5, 5.41) is 28.8. The molecule has 0 amide bonds. The van der Waals surface area contributed by atoms with Crippen LogP contribution in [0.15, 0.2) is 122 Å². The zero-order chi connectivity index (χ0) is 45.9. The second-order valence-electron chi connectivity index (χ2n) is 14.1. The Morgan fingerprint density at radius 1 is 0.597 bits per heavy atom. The number of aliphatic hydroxyl groups excluding tert-OH is 2. The van der Waals surface area contributed by atoms with Gasteiger partial charge >= 0.3 is 25.7 Å². The fourth-order valence-electron chi connectivity index (χ4n) is 4.90. The Bertz CT molecular complexity index is 1540. The summed E-state index contributed by atoms with van der Waals surface area (Å²) in [6, 6.07) is -1.56. The van der Waals surface area contributed by atoms with Crippen molar-refractivity contribution in [2.24, 2.45) is 5.73 Å². The number of carboxylic acid groups (broad SMARTS) is 1. The minimum Gasteiger partial charge on any atom is -0.480 e. The van der Waals surface area contributed by atoms with Crippen molar-refractivity contribution in [1.82, 2.24) is 0 Å². The van der Waals surface area contributed by atoms with E-state index in [0.717, 1.165) is 32.1 Å². The molecule has 1 unspecified atom stereocenters. The molecule has 0 spiro atoms. The van der Waals surface area contributed by atoms with E-state index in [1.807, 2.05) is 49.5 Å². The van der Waals surface area contributed by atoms with Gasteiger partial charge in [-0.3, -0.25) is 23.4 Å². The predicted octanol–water partition coefficient (Wildman–Crippen LogP) is 9.55. The van der Waals surface area contributed by atoms with Crippen LogP contribution >= 0.6 is 7.82 Å². The van der Waals surface area contributed by atoms with Crippen molar-refractivity contribution in [1.29, 1.82) is 0 Å². The van der Waals surface area contributed by atoms with E-state index in [1.54, 1.807) is 42.5 Å². The van der Waals surface area contributed by atoms with Crippen molar-refractivity contribution in [3.8, 4) is 0 Å². The van der Waals surface area contributed by atoms with E-state index in [1.165, 1.54) is 19.3 Å². The molecule has 0 saturated carbocycles. The molecule has 5 atom stereocenters. The zero-order valence-corrected chi connectivity index (χ0v) is 37.8. The van der Waals surface area contributed by atoms with E-state index in [0.29, 0.717) is 38.5 Å². The van der Waals surface area contributed by atoms with E-state index < -0.39 is 69.9 Å². The maximum absolute atomic E-state index is 12.6. The largest absolute Gasteiger partial charge is 0.480 e. The summed E-state index contributed by atoms with van der Waals surface area (Å²) in [5.74, 6) is -2.66. The number of carboxylic acids is 1. The molecule has 0 radical (unpaired) electrons. The average molecular weight is 888 g/mol. The Labute approximate surface area is 370 Å². The van der Waals surface area contributed by atoms with E-state index in [4.69, 9.17) is 24.8 Å². The molecule has 0 aliphatic heterocycles. The number of phosphoric acid groups is 1. The first-order valence-electron chi connectivity index (χ1n) is 21.8. The highest BCUT2D eigenvalue weighted by Gasteiger charge is 2.28. The van der Waals surface area contributed by atoms with Crippen LogP contribution in [0.4, 0.5) is 0 Å². The molecule has 0 fully saturated rings. The van der Waals surface area contributed by atoms with Crippen LogP contribution in [0.2, 0.25) is 0 Å². The monoisotopic (exact) mass is 887 g/mol. The summed E-state index contributed by atoms with van der Waals surface area (Å²) < 4.78 is 32.5. The number of unbranched alkanes of at least 4 members (excludes halogenated alkanes) is 4. The molecule has 0 aliphatic rings. The number of nitrogens with two attached hydrogens (primary N) is 1. The molecule has 6 N–H and O–H groups in total. The van der Waals surface area contributed by atoms with Crippen LogP contribution in [0.25, 0.3) is 0 Å². The molecule has 13 nitrogen and oxygen atoms in total. The van der Waals surface area contributed by atoms with Crippen LogP contribution in [-0.2, 0) is 37.5 Å². The van der Waals surface area contributed by atoms with Crippen molar-refractivity contribution in [3.63, 3.8) is 0 Å². The quantitative estimate of drug-likeness (QED) is 0.0129. The molecule has 0 rings (SSSR count). The molecule has 62 heavy (non-hydrogen) atoms. The lowest BCUT2D eigenvalue weighted by molar-refractivity contribution is -0.161. The lowest BCUT2D eigenvalue weighted by Crippen LogP contribution is -2.34. The lowest BCUT2D eigenvalue weighted by Gasteiger charge is -2.20. The second-order valence-corrected chi connectivity index (χ2v) is 15.6. The van der Waals surface area contributed by atoms with E-state index in [2.05, 4.69) is 47.9 Å². The molecule has 0 aromatic heterocycles. The van der Waals surface area contributed by atoms with Gasteiger partial charge in [-0.1, -0.05) is 148 Å². The van der Waals surface area contributed by atoms with Crippen LogP contribution in [0.3, 0.4) is 0 Å². The number of aliphatic hydroxyl groups is 2. The Morgan fingerprint density at radius 3 is 1.65 bits per heavy atom. The summed E-state index contributed by atoms with van der Waals surface area (Å²) in [6.07, 6.45) is 47.8. The van der Waals surface area contributed by atoms with Crippen LogP contribution < -0.4 is 5.73 Å². The number of hydrogen-bond donors (Lipinski definition) is 5. The fourth-order valence-corrected chi connectivity index (χ4v) is 5.68. The van der Waals surface area contributed by atoms with Gasteiger partial charge in [0.1, 0.15) is 12.6 Å². The van der Waals surface area contributed by atoms with Crippen molar-refractivity contribution in [3.05, 3.63) is 122 Å². The standard InChI is InChI=1S/C48H74NO12P/c1-3-5-7-8-9-10-11-12-13-14-15-16-17-18-19-24-32-38-47(53)61-44(40-59-62(56,57)60-41-45(49)48(54)55)39-58-46(52)37-31-23-21-20-22-28-34-43(51)36-30-26-25-29-35-42(50)33-27-6-4-2/h6,9-10,12-13,15-16,18-19,21-23,25-30,35-36,42-45,50-51H,3-5,7-8,11,14,17,20,24,31-34,37-41,49H2,1-2H3,(H,54,55)(H,56,57)/b10-9-,13-12-,16-15-,19-18-,23-21-,26-25-,27-6-,28-22-,35-29+,36-30+/t42-,43+,44-,45+/m1/s1. The second kappa shape index (κ2) is 40.8. The predicted molar refractivity (Wildman–Crippen MR) is 247 cm³/mol. The third kappa shape index (κ3) is 39.9. The molecular formula is C48H74NO12P. The fraction of sp³-hybridized carbons (Fsp3) is 0.521. The molecule has 0 aromatic carbocycles. The maximum Gasteiger partial charge on any atom is 0.472 e. The number of phosphoric ester groups is 1. The first-order valence-corrected chi connectivity index (χ1v) is 23.3. The van der Waals surface area contributed by atoms with Gasteiger partial charge in [0, 0.05) is 12.8 Å². The van der Waals surface area contributed by atoms with Gasteiger partial charge in [-0.15, -0.1) is 0 Å².